The van der Waals surface area contributed by atoms with Crippen LogP contribution >= 0.6 is 0 Å². The molecule has 0 atom stereocenters. The fourth-order valence-corrected chi connectivity index (χ4v) is 4.49. The minimum atomic E-state index is -4.65. The molecule has 8 nitrogen and oxygen atoms in total. The van der Waals surface area contributed by atoms with Gasteiger partial charge in [-0.05, 0) is 35.4 Å². The lowest BCUT2D eigenvalue weighted by atomic mass is 9.99. The van der Waals surface area contributed by atoms with E-state index in [2.05, 4.69) is 9.97 Å². The topological polar surface area (TPSA) is 92.5 Å². The molecule has 0 saturated heterocycles. The first-order valence-corrected chi connectivity index (χ1v) is 12.9. The molecule has 13 heteroatoms. The average molecular weight is 612 g/mol. The van der Waals surface area contributed by atoms with E-state index >= 15 is 4.39 Å². The zero-order valence-corrected chi connectivity index (χ0v) is 23.1. The number of nitrogens with zero attached hydrogens (tertiary/aromatic N) is 3. The summed E-state index contributed by atoms with van der Waals surface area (Å²) in [7, 11) is 2.84. The summed E-state index contributed by atoms with van der Waals surface area (Å²) in [5.41, 5.74) is -0.675. The number of ether oxygens (including phenoxy) is 3. The molecule has 0 spiro atoms. The van der Waals surface area contributed by atoms with E-state index in [1.807, 2.05) is 0 Å². The van der Waals surface area contributed by atoms with Gasteiger partial charge in [-0.1, -0.05) is 18.2 Å². The highest BCUT2D eigenvalue weighted by atomic mass is 19.4. The second-order valence-electron chi connectivity index (χ2n) is 9.55. The monoisotopic (exact) mass is 611 g/mol. The molecule has 5 aromatic rings. The summed E-state index contributed by atoms with van der Waals surface area (Å²) in [5.74, 6) is -1.87. The number of pyridine rings is 3. The van der Waals surface area contributed by atoms with Crippen LogP contribution in [0.4, 0.5) is 22.0 Å². The SMILES string of the molecule is COc1cc2nccc(Oc3ccc(CC(=O)c4cn(CC(F)(F)F)cc(-c5ccc(F)cc5)c4=O)cc3F)c2nc1OC. The molecule has 226 valence electrons. The minimum absolute atomic E-state index is 0.128. The van der Waals surface area contributed by atoms with Crippen molar-refractivity contribution in [3.05, 3.63) is 106 Å². The molecule has 2 aromatic carbocycles. The molecule has 0 fully saturated rings. The van der Waals surface area contributed by atoms with Gasteiger partial charge in [0.25, 0.3) is 5.88 Å². The van der Waals surface area contributed by atoms with Gasteiger partial charge in [-0.3, -0.25) is 14.6 Å². The summed E-state index contributed by atoms with van der Waals surface area (Å²) in [4.78, 5) is 34.9. The maximum absolute atomic E-state index is 15.2. The number of carbonyl (C=O) groups is 1. The quantitative estimate of drug-likeness (QED) is 0.138. The molecule has 0 aliphatic heterocycles. The number of hydrogen-bond acceptors (Lipinski definition) is 7. The van der Waals surface area contributed by atoms with Gasteiger partial charge in [-0.15, -0.1) is 0 Å². The van der Waals surface area contributed by atoms with E-state index in [0.29, 0.717) is 15.8 Å². The van der Waals surface area contributed by atoms with Gasteiger partial charge in [0.1, 0.15) is 17.9 Å². The van der Waals surface area contributed by atoms with Gasteiger partial charge < -0.3 is 18.8 Å². The summed E-state index contributed by atoms with van der Waals surface area (Å²) in [6.07, 6.45) is -1.95. The highest BCUT2D eigenvalue weighted by Gasteiger charge is 2.29. The number of aromatic nitrogens is 3. The average Bonchev–Trinajstić information content (AvgIpc) is 2.98. The summed E-state index contributed by atoms with van der Waals surface area (Å²) < 4.78 is 85.0. The van der Waals surface area contributed by atoms with Crippen LogP contribution in [0.2, 0.25) is 0 Å². The van der Waals surface area contributed by atoms with Gasteiger partial charge in [0.05, 0.1) is 25.3 Å². The number of fused-ring (bicyclic) bond motifs is 1. The van der Waals surface area contributed by atoms with Gasteiger partial charge in [-0.25, -0.2) is 13.8 Å². The van der Waals surface area contributed by atoms with Gasteiger partial charge in [0.15, 0.2) is 34.3 Å². The first kappa shape index (κ1) is 30.1. The Kier molecular flexibility index (Phi) is 8.30. The maximum atomic E-state index is 15.2. The minimum Gasteiger partial charge on any atom is -0.491 e. The van der Waals surface area contributed by atoms with Gasteiger partial charge in [0, 0.05) is 42.7 Å². The van der Waals surface area contributed by atoms with E-state index in [-0.39, 0.29) is 39.6 Å². The highest BCUT2D eigenvalue weighted by molar-refractivity contribution is 5.98. The third-order valence-electron chi connectivity index (χ3n) is 6.50. The highest BCUT2D eigenvalue weighted by Crippen LogP contribution is 2.35. The number of Topliss-reactive ketones (excluding diaryl/α,β-unsaturated/α-hetero) is 1. The molecule has 0 aliphatic carbocycles. The van der Waals surface area contributed by atoms with Crippen molar-refractivity contribution in [2.75, 3.05) is 14.2 Å². The van der Waals surface area contributed by atoms with Crippen LogP contribution < -0.4 is 19.6 Å². The van der Waals surface area contributed by atoms with Crippen molar-refractivity contribution in [1.82, 2.24) is 14.5 Å². The Bertz CT molecular complexity index is 1920. The summed E-state index contributed by atoms with van der Waals surface area (Å²) >= 11 is 0. The number of methoxy groups -OCH3 is 2. The Morgan fingerprint density at radius 2 is 1.66 bits per heavy atom. The Hall–Kier alpha value is -5.33. The van der Waals surface area contributed by atoms with E-state index < -0.39 is 47.6 Å². The normalized spacial score (nSPS) is 11.4. The van der Waals surface area contributed by atoms with Crippen molar-refractivity contribution >= 4 is 16.8 Å². The molecule has 3 heterocycles. The van der Waals surface area contributed by atoms with Crippen LogP contribution in [0, 0.1) is 11.6 Å². The van der Waals surface area contributed by atoms with Crippen LogP contribution in [0.15, 0.2) is 78.0 Å². The fourth-order valence-electron chi connectivity index (χ4n) is 4.49. The predicted molar refractivity (Wildman–Crippen MR) is 149 cm³/mol. The Labute approximate surface area is 246 Å². The zero-order valence-electron chi connectivity index (χ0n) is 23.1. The van der Waals surface area contributed by atoms with Crippen molar-refractivity contribution in [3.63, 3.8) is 0 Å². The number of hydrogen-bond donors (Lipinski definition) is 0. The van der Waals surface area contributed by atoms with Gasteiger partial charge in [0.2, 0.25) is 0 Å². The molecule has 0 unspecified atom stereocenters. The van der Waals surface area contributed by atoms with Crippen LogP contribution in [0.25, 0.3) is 22.2 Å². The molecule has 0 bridgehead atoms. The lowest BCUT2D eigenvalue weighted by Crippen LogP contribution is -2.25. The maximum Gasteiger partial charge on any atom is 0.406 e. The smallest absolute Gasteiger partial charge is 0.406 e. The molecule has 0 saturated carbocycles. The van der Waals surface area contributed by atoms with Crippen molar-refractivity contribution in [3.8, 4) is 34.3 Å². The lowest BCUT2D eigenvalue weighted by Gasteiger charge is -2.14. The van der Waals surface area contributed by atoms with E-state index in [4.69, 9.17) is 14.2 Å². The molecular formula is C31H22F5N3O5. The number of rotatable bonds is 9. The van der Waals surface area contributed by atoms with Crippen LogP contribution in [0.3, 0.4) is 0 Å². The van der Waals surface area contributed by atoms with Crippen molar-refractivity contribution in [1.29, 1.82) is 0 Å². The molecule has 44 heavy (non-hydrogen) atoms. The van der Waals surface area contributed by atoms with Crippen molar-refractivity contribution in [2.24, 2.45) is 0 Å². The Morgan fingerprint density at radius 3 is 2.32 bits per heavy atom. The molecule has 3 aromatic heterocycles. The molecule has 0 radical (unpaired) electrons. The Balaban J connectivity index is 1.44. The molecular weight excluding hydrogens is 589 g/mol. The number of benzene rings is 2. The number of ketones is 1. The third kappa shape index (κ3) is 6.51. The molecule has 0 amide bonds. The third-order valence-corrected chi connectivity index (χ3v) is 6.50. The van der Waals surface area contributed by atoms with Crippen molar-refractivity contribution < 1.29 is 41.0 Å². The summed E-state index contributed by atoms with van der Waals surface area (Å²) in [6.45, 7) is -1.47. The Morgan fingerprint density at radius 1 is 0.909 bits per heavy atom. The van der Waals surface area contributed by atoms with E-state index in [0.717, 1.165) is 30.6 Å². The zero-order chi connectivity index (χ0) is 31.6. The number of halogens is 5. The first-order valence-electron chi connectivity index (χ1n) is 12.9. The predicted octanol–water partition coefficient (Wildman–Crippen LogP) is 6.53. The van der Waals surface area contributed by atoms with Gasteiger partial charge >= 0.3 is 6.18 Å². The lowest BCUT2D eigenvalue weighted by molar-refractivity contribution is -0.140. The van der Waals surface area contributed by atoms with Crippen LogP contribution in [-0.2, 0) is 13.0 Å². The largest absolute Gasteiger partial charge is 0.491 e. The molecule has 0 N–H and O–H groups in total. The summed E-state index contributed by atoms with van der Waals surface area (Å²) in [5, 5.41) is 0. The molecule has 0 aliphatic rings. The van der Waals surface area contributed by atoms with Gasteiger partial charge in [-0.2, -0.15) is 13.2 Å². The second-order valence-corrected chi connectivity index (χ2v) is 9.55. The second kappa shape index (κ2) is 12.1. The van der Waals surface area contributed by atoms with Crippen LogP contribution in [0.1, 0.15) is 15.9 Å². The fraction of sp³-hybridized carbons (Fsp3) is 0.161. The van der Waals surface area contributed by atoms with E-state index in [1.165, 1.54) is 50.7 Å². The summed E-state index contributed by atoms with van der Waals surface area (Å²) in [6, 6.07) is 11.2. The van der Waals surface area contributed by atoms with E-state index in [9.17, 15) is 27.2 Å². The first-order chi connectivity index (χ1) is 21.0. The molecule has 5 rings (SSSR count). The van der Waals surface area contributed by atoms with Crippen LogP contribution in [-0.4, -0.2) is 40.7 Å². The standard InChI is InChI=1S/C31H22F5N3O5/c1-42-27-13-23-28(38-30(27)43-2)26(9-10-37-23)44-25-8-3-17(11-22(25)33)12-24(40)21-15-39(16-31(34,35)36)14-20(29(21)41)18-4-6-19(32)7-5-18/h3-11,13-15H,12,16H2,1-2H3. The number of carbonyl (C=O) groups excluding carboxylic acids is 1. The van der Waals surface area contributed by atoms with Crippen LogP contribution in [0.5, 0.6) is 23.1 Å². The number of alkyl halides is 3. The van der Waals surface area contributed by atoms with Crippen molar-refractivity contribution in [2.45, 2.75) is 19.1 Å². The van der Waals surface area contributed by atoms with E-state index in [1.54, 1.807) is 6.07 Å².